The lowest BCUT2D eigenvalue weighted by Crippen LogP contribution is -2.44. The molecule has 69 heavy (non-hydrogen) atoms. The molecule has 0 saturated carbocycles. The van der Waals surface area contributed by atoms with E-state index < -0.39 is 5.60 Å². The largest absolute Gasteiger partial charge is 0.444 e. The van der Waals surface area contributed by atoms with Crippen molar-refractivity contribution >= 4 is 27.9 Å². The van der Waals surface area contributed by atoms with Gasteiger partial charge >= 0.3 is 6.09 Å². The number of fused-ring (bicyclic) bond motifs is 2. The predicted molar refractivity (Wildman–Crippen MR) is 259 cm³/mol. The van der Waals surface area contributed by atoms with Crippen LogP contribution in [0.4, 0.5) is 13.6 Å². The summed E-state index contributed by atoms with van der Waals surface area (Å²) in [7, 11) is 0. The molecule has 4 aliphatic heterocycles. The molecule has 0 spiro atoms. The van der Waals surface area contributed by atoms with Crippen LogP contribution in [0.1, 0.15) is 147 Å². The van der Waals surface area contributed by atoms with Gasteiger partial charge < -0.3 is 33.8 Å². The Labute approximate surface area is 403 Å². The molecule has 2 aromatic carbocycles. The van der Waals surface area contributed by atoms with Crippen LogP contribution >= 0.6 is 0 Å². The second kappa shape index (κ2) is 20.9. The normalized spacial score (nSPS) is 19.0. The summed E-state index contributed by atoms with van der Waals surface area (Å²) in [6, 6.07) is 10.1. The van der Waals surface area contributed by atoms with E-state index in [9.17, 15) is 13.6 Å². The number of piperidine rings is 4. The minimum atomic E-state index is -0.462. The van der Waals surface area contributed by atoms with Gasteiger partial charge in [-0.2, -0.15) is 29.5 Å². The molecule has 0 atom stereocenters. The number of halogens is 2. The van der Waals surface area contributed by atoms with Gasteiger partial charge in [0.15, 0.2) is 0 Å². The van der Waals surface area contributed by atoms with Gasteiger partial charge in [-0.1, -0.05) is 52.0 Å². The molecule has 10 rings (SSSR count). The van der Waals surface area contributed by atoms with Gasteiger partial charge in [0.05, 0.1) is 11.4 Å². The third-order valence-electron chi connectivity index (χ3n) is 14.3. The van der Waals surface area contributed by atoms with Crippen LogP contribution in [0.15, 0.2) is 45.4 Å². The Morgan fingerprint density at radius 1 is 0.667 bits per heavy atom. The van der Waals surface area contributed by atoms with Crippen molar-refractivity contribution in [2.75, 3.05) is 65.4 Å². The number of nitrogens with zero attached hydrogens (tertiary/aromatic N) is 11. The van der Waals surface area contributed by atoms with Crippen LogP contribution < -0.4 is 5.32 Å². The molecule has 18 heteroatoms. The molecule has 16 nitrogen and oxygen atoms in total. The molecule has 0 unspecified atom stereocenters. The number of hydrogen-bond acceptors (Lipinski definition) is 13. The lowest BCUT2D eigenvalue weighted by molar-refractivity contribution is 0.0165. The minimum Gasteiger partial charge on any atom is -0.444 e. The van der Waals surface area contributed by atoms with Crippen molar-refractivity contribution in [2.45, 2.75) is 129 Å². The average molecular weight is 953 g/mol. The van der Waals surface area contributed by atoms with Gasteiger partial charge in [0.1, 0.15) is 28.3 Å². The van der Waals surface area contributed by atoms with E-state index in [1.807, 2.05) is 51.7 Å². The van der Waals surface area contributed by atoms with Gasteiger partial charge in [-0.15, -0.1) is 0 Å². The summed E-state index contributed by atoms with van der Waals surface area (Å²) in [5, 5.41) is 22.6. The summed E-state index contributed by atoms with van der Waals surface area (Å²) in [5.74, 6) is 3.29. The van der Waals surface area contributed by atoms with Crippen LogP contribution in [-0.4, -0.2) is 132 Å². The van der Waals surface area contributed by atoms with Crippen molar-refractivity contribution in [3.8, 4) is 11.9 Å². The molecule has 4 saturated heterocycles. The highest BCUT2D eigenvalue weighted by Crippen LogP contribution is 2.34. The molecule has 4 aliphatic rings. The van der Waals surface area contributed by atoms with Crippen molar-refractivity contribution < 1.29 is 27.4 Å². The SMILES string of the molecule is CC(C)c1nn(-c2noc(C3CCN(CC4CCN(C(=O)OC(C)(C)C)CC4)CC3)n2)c2c(F)cccc12.CC(C)c1nn(-c2noc(C3CCN(CC4CCNCC4)CC3)n2)c2c(F)cccc12. The van der Waals surface area contributed by atoms with Crippen molar-refractivity contribution in [2.24, 2.45) is 11.8 Å². The van der Waals surface area contributed by atoms with Crippen LogP contribution in [0.2, 0.25) is 0 Å². The third-order valence-corrected chi connectivity index (χ3v) is 14.3. The number of amides is 1. The van der Waals surface area contributed by atoms with E-state index in [1.165, 1.54) is 40.9 Å². The van der Waals surface area contributed by atoms with E-state index in [-0.39, 0.29) is 47.3 Å². The van der Waals surface area contributed by atoms with Gasteiger partial charge in [0, 0.05) is 48.8 Å². The molecular formula is C51H70F2N12O4. The highest BCUT2D eigenvalue weighted by molar-refractivity contribution is 5.85. The zero-order valence-corrected chi connectivity index (χ0v) is 41.5. The van der Waals surface area contributed by atoms with Gasteiger partial charge in [0.25, 0.3) is 11.9 Å². The number of benzene rings is 2. The Bertz CT molecular complexity index is 2650. The molecule has 1 amide bonds. The zero-order chi connectivity index (χ0) is 48.4. The Hall–Kier alpha value is -5.33. The average Bonchev–Trinajstić information content (AvgIpc) is 4.16. The summed E-state index contributed by atoms with van der Waals surface area (Å²) in [6.45, 7) is 24.0. The van der Waals surface area contributed by atoms with Crippen molar-refractivity contribution in [1.29, 1.82) is 0 Å². The van der Waals surface area contributed by atoms with Gasteiger partial charge in [-0.3, -0.25) is 0 Å². The van der Waals surface area contributed by atoms with E-state index in [0.717, 1.165) is 126 Å². The van der Waals surface area contributed by atoms with E-state index in [0.29, 0.717) is 34.7 Å². The highest BCUT2D eigenvalue weighted by atomic mass is 19.1. The topological polar surface area (TPSA) is 162 Å². The maximum Gasteiger partial charge on any atom is 0.410 e. The van der Waals surface area contributed by atoms with Crippen LogP contribution in [0, 0.1) is 23.5 Å². The highest BCUT2D eigenvalue weighted by Gasteiger charge is 2.32. The van der Waals surface area contributed by atoms with Gasteiger partial charge in [-0.25, -0.2) is 13.6 Å². The smallest absolute Gasteiger partial charge is 0.410 e. The first-order valence-corrected chi connectivity index (χ1v) is 25.3. The van der Waals surface area contributed by atoms with Crippen molar-refractivity contribution in [1.82, 2.24) is 59.9 Å². The van der Waals surface area contributed by atoms with E-state index >= 15 is 0 Å². The molecule has 6 aromatic rings. The molecule has 0 radical (unpaired) electrons. The summed E-state index contributed by atoms with van der Waals surface area (Å²) in [6.07, 6.45) is 8.24. The minimum absolute atomic E-state index is 0.140. The van der Waals surface area contributed by atoms with Crippen LogP contribution in [0.5, 0.6) is 0 Å². The Kier molecular flexibility index (Phi) is 14.8. The molecule has 4 fully saturated rings. The van der Waals surface area contributed by atoms with Gasteiger partial charge in [0.2, 0.25) is 11.8 Å². The fraction of sp³-hybridized carbons (Fsp3) is 0.627. The second-order valence-corrected chi connectivity index (χ2v) is 21.3. The first kappa shape index (κ1) is 48.7. The van der Waals surface area contributed by atoms with Crippen molar-refractivity contribution in [3.63, 3.8) is 0 Å². The van der Waals surface area contributed by atoms with E-state index in [1.54, 1.807) is 12.1 Å². The first-order chi connectivity index (χ1) is 33.2. The predicted octanol–water partition coefficient (Wildman–Crippen LogP) is 9.35. The molecule has 372 valence electrons. The van der Waals surface area contributed by atoms with Crippen LogP contribution in [0.3, 0.4) is 0 Å². The molecule has 1 N–H and O–H groups in total. The quantitative estimate of drug-likeness (QED) is 0.138. The van der Waals surface area contributed by atoms with Crippen molar-refractivity contribution in [3.05, 3.63) is 71.2 Å². The fourth-order valence-corrected chi connectivity index (χ4v) is 10.5. The second-order valence-electron chi connectivity index (χ2n) is 21.3. The number of likely N-dealkylation sites (tertiary alicyclic amines) is 3. The van der Waals surface area contributed by atoms with Crippen LogP contribution in [-0.2, 0) is 4.74 Å². The maximum absolute atomic E-state index is 14.8. The summed E-state index contributed by atoms with van der Waals surface area (Å²) in [4.78, 5) is 28.5. The Morgan fingerprint density at radius 2 is 1.10 bits per heavy atom. The Morgan fingerprint density at radius 3 is 1.52 bits per heavy atom. The van der Waals surface area contributed by atoms with E-state index in [4.69, 9.17) is 13.8 Å². The number of carbonyl (C=O) groups is 1. The van der Waals surface area contributed by atoms with Crippen LogP contribution in [0.25, 0.3) is 33.7 Å². The monoisotopic (exact) mass is 953 g/mol. The lowest BCUT2D eigenvalue weighted by atomic mass is 9.93. The number of hydrogen-bond donors (Lipinski definition) is 1. The lowest BCUT2D eigenvalue weighted by Gasteiger charge is -2.37. The summed E-state index contributed by atoms with van der Waals surface area (Å²) in [5.41, 5.74) is 1.99. The number of nitrogens with one attached hydrogen (secondary N) is 1. The van der Waals surface area contributed by atoms with Gasteiger partial charge in [-0.05, 0) is 158 Å². The number of carbonyl (C=O) groups excluding carboxylic acids is 1. The molecule has 0 bridgehead atoms. The standard InChI is InChI=1S/C28H39FN6O3.C23H31FN6O/c1-18(2)23-21-7-6-8-22(29)24(21)35(31-23)26-30-25(38-32-26)20-11-13-33(14-12-20)17-19-9-15-34(16-10-19)27(36)37-28(3,4)5;1-15(2)20-18-4-3-5-19(24)21(18)30(27-20)23-26-22(31-28-23)17-8-12-29(13-9-17)14-16-6-10-25-11-7-16/h6-8,18-20H,9-17H2,1-5H3;3-5,15-17,25H,6-14H2,1-2H3. The zero-order valence-electron chi connectivity index (χ0n) is 41.5. The Balaban J connectivity index is 0.000000175. The number of rotatable bonds is 10. The number of ether oxygens (including phenoxy) is 1. The number of para-hydroxylation sites is 2. The number of aromatic nitrogens is 8. The third kappa shape index (κ3) is 11.2. The first-order valence-electron chi connectivity index (χ1n) is 25.3. The molecular weight excluding hydrogens is 883 g/mol. The summed E-state index contributed by atoms with van der Waals surface area (Å²) < 4.78 is 49.2. The summed E-state index contributed by atoms with van der Waals surface area (Å²) >= 11 is 0. The maximum atomic E-state index is 14.8. The molecule has 4 aromatic heterocycles. The molecule has 8 heterocycles. The van der Waals surface area contributed by atoms with E-state index in [2.05, 4.69) is 59.4 Å². The molecule has 0 aliphatic carbocycles. The fourth-order valence-electron chi connectivity index (χ4n) is 10.5.